The molecule has 15 heavy (non-hydrogen) atoms. The zero-order valence-corrected chi connectivity index (χ0v) is 8.80. The first-order valence-corrected chi connectivity index (χ1v) is 4.77. The molecule has 1 rings (SSSR count). The summed E-state index contributed by atoms with van der Waals surface area (Å²) in [6.45, 7) is 3.99. The first-order chi connectivity index (χ1) is 7.19. The van der Waals surface area contributed by atoms with E-state index in [9.17, 15) is 4.79 Å². The van der Waals surface area contributed by atoms with Gasteiger partial charge >= 0.3 is 5.97 Å². The minimum absolute atomic E-state index is 0.110. The average molecular weight is 207 g/mol. The van der Waals surface area contributed by atoms with E-state index in [4.69, 9.17) is 10.00 Å². The molecule has 5 heteroatoms. The number of nitriles is 1. The number of imidazole rings is 1. The second kappa shape index (κ2) is 5.15. The summed E-state index contributed by atoms with van der Waals surface area (Å²) in [4.78, 5) is 15.1. The number of hydrogen-bond acceptors (Lipinski definition) is 4. The number of aromatic nitrogens is 2. The fourth-order valence-corrected chi connectivity index (χ4v) is 1.31. The zero-order chi connectivity index (χ0) is 11.3. The molecular weight excluding hydrogens is 194 g/mol. The van der Waals surface area contributed by atoms with E-state index < -0.39 is 0 Å². The highest BCUT2D eigenvalue weighted by atomic mass is 16.5. The van der Waals surface area contributed by atoms with Crippen LogP contribution < -0.4 is 0 Å². The molecule has 80 valence electrons. The number of carbonyl (C=O) groups excluding carboxylic acids is 1. The van der Waals surface area contributed by atoms with E-state index in [1.807, 2.05) is 13.0 Å². The number of rotatable bonds is 4. The molecule has 1 heterocycles. The molecule has 0 spiro atoms. The van der Waals surface area contributed by atoms with E-state index in [1.54, 1.807) is 23.9 Å². The first-order valence-electron chi connectivity index (χ1n) is 4.77. The number of ether oxygens (including phenoxy) is 1. The number of hydrogen-bond donors (Lipinski definition) is 0. The van der Waals surface area contributed by atoms with Gasteiger partial charge in [-0.1, -0.05) is 0 Å². The fraction of sp³-hybridized carbons (Fsp3) is 0.500. The molecule has 1 aromatic heterocycles. The third-order valence-corrected chi connectivity index (χ3v) is 2.01. The highest BCUT2D eigenvalue weighted by molar-refractivity contribution is 5.69. The van der Waals surface area contributed by atoms with Gasteiger partial charge in [-0.05, 0) is 13.8 Å². The quantitative estimate of drug-likeness (QED) is 0.697. The van der Waals surface area contributed by atoms with E-state index in [0.717, 1.165) is 0 Å². The Labute approximate surface area is 88.3 Å². The SMILES string of the molecule is CCOC(=O)CC(C)n1ccnc1C#N. The van der Waals surface area contributed by atoms with Crippen LogP contribution in [0.4, 0.5) is 0 Å². The maximum atomic E-state index is 11.2. The molecule has 0 aromatic carbocycles. The third-order valence-electron chi connectivity index (χ3n) is 2.01. The molecule has 1 aromatic rings. The second-order valence-corrected chi connectivity index (χ2v) is 3.13. The van der Waals surface area contributed by atoms with Crippen molar-refractivity contribution in [1.82, 2.24) is 9.55 Å². The minimum Gasteiger partial charge on any atom is -0.466 e. The molecule has 0 aliphatic heterocycles. The van der Waals surface area contributed by atoms with Crippen LogP contribution in [-0.2, 0) is 9.53 Å². The lowest BCUT2D eigenvalue weighted by molar-refractivity contribution is -0.143. The monoisotopic (exact) mass is 207 g/mol. The Morgan fingerprint density at radius 2 is 2.53 bits per heavy atom. The van der Waals surface area contributed by atoms with Gasteiger partial charge in [-0.15, -0.1) is 0 Å². The highest BCUT2D eigenvalue weighted by Crippen LogP contribution is 2.13. The lowest BCUT2D eigenvalue weighted by Gasteiger charge is -2.12. The summed E-state index contributed by atoms with van der Waals surface area (Å²) in [6.07, 6.45) is 3.47. The van der Waals surface area contributed by atoms with Gasteiger partial charge in [0.15, 0.2) is 0 Å². The number of carbonyl (C=O) groups is 1. The summed E-state index contributed by atoms with van der Waals surface area (Å²) in [5.74, 6) is 0.0504. The zero-order valence-electron chi connectivity index (χ0n) is 8.80. The number of nitrogens with zero attached hydrogens (tertiary/aromatic N) is 3. The van der Waals surface area contributed by atoms with Gasteiger partial charge in [0.05, 0.1) is 13.0 Å². The van der Waals surface area contributed by atoms with Gasteiger partial charge in [0.25, 0.3) is 0 Å². The van der Waals surface area contributed by atoms with Gasteiger partial charge in [-0.2, -0.15) is 5.26 Å². The van der Waals surface area contributed by atoms with E-state index in [1.165, 1.54) is 0 Å². The van der Waals surface area contributed by atoms with Crippen LogP contribution in [0.5, 0.6) is 0 Å². The van der Waals surface area contributed by atoms with Crippen LogP contribution in [0.1, 0.15) is 32.1 Å². The summed E-state index contributed by atoms with van der Waals surface area (Å²) in [6, 6.07) is 1.85. The molecule has 0 aliphatic rings. The Hall–Kier alpha value is -1.83. The Bertz CT molecular complexity index is 378. The molecule has 0 amide bonds. The van der Waals surface area contributed by atoms with Crippen molar-refractivity contribution >= 4 is 5.97 Å². The van der Waals surface area contributed by atoms with E-state index in [0.29, 0.717) is 12.4 Å². The molecule has 0 N–H and O–H groups in total. The van der Waals surface area contributed by atoms with Crippen molar-refractivity contribution in [3.8, 4) is 6.07 Å². The average Bonchev–Trinajstić information content (AvgIpc) is 2.65. The largest absolute Gasteiger partial charge is 0.466 e. The molecule has 0 saturated carbocycles. The summed E-state index contributed by atoms with van der Waals surface area (Å²) in [7, 11) is 0. The molecule has 0 fully saturated rings. The smallest absolute Gasteiger partial charge is 0.307 e. The minimum atomic E-state index is -0.261. The van der Waals surface area contributed by atoms with Crippen molar-refractivity contribution in [3.63, 3.8) is 0 Å². The molecule has 5 nitrogen and oxygen atoms in total. The summed E-state index contributed by atoms with van der Waals surface area (Å²) in [5, 5.41) is 8.74. The van der Waals surface area contributed by atoms with Crippen LogP contribution in [-0.4, -0.2) is 22.1 Å². The lowest BCUT2D eigenvalue weighted by atomic mass is 10.2. The van der Waals surface area contributed by atoms with Gasteiger partial charge in [0.1, 0.15) is 6.07 Å². The predicted octanol–water partition coefficient (Wildman–Crippen LogP) is 1.27. The second-order valence-electron chi connectivity index (χ2n) is 3.13. The van der Waals surface area contributed by atoms with Crippen molar-refractivity contribution in [2.45, 2.75) is 26.3 Å². The van der Waals surface area contributed by atoms with Gasteiger partial charge in [0, 0.05) is 18.4 Å². The van der Waals surface area contributed by atoms with Gasteiger partial charge in [-0.3, -0.25) is 4.79 Å². The summed E-state index contributed by atoms with van der Waals surface area (Å²) < 4.78 is 6.49. The molecule has 0 bridgehead atoms. The standard InChI is InChI=1S/C10H13N3O2/c1-3-15-10(14)6-8(2)13-5-4-12-9(13)7-11/h4-5,8H,3,6H2,1-2H3. The van der Waals surface area contributed by atoms with Crippen molar-refractivity contribution in [2.75, 3.05) is 6.61 Å². The normalized spacial score (nSPS) is 11.8. The van der Waals surface area contributed by atoms with Gasteiger partial charge in [0.2, 0.25) is 5.82 Å². The molecule has 1 unspecified atom stereocenters. The van der Waals surface area contributed by atoms with Crippen LogP contribution in [0.3, 0.4) is 0 Å². The Morgan fingerprint density at radius 1 is 1.80 bits per heavy atom. The van der Waals surface area contributed by atoms with Crippen LogP contribution in [0, 0.1) is 11.3 Å². The molecule has 0 aliphatic carbocycles. The van der Waals surface area contributed by atoms with Crippen LogP contribution in [0.15, 0.2) is 12.4 Å². The van der Waals surface area contributed by atoms with Crippen molar-refractivity contribution in [1.29, 1.82) is 5.26 Å². The highest BCUT2D eigenvalue weighted by Gasteiger charge is 2.14. The van der Waals surface area contributed by atoms with E-state index >= 15 is 0 Å². The van der Waals surface area contributed by atoms with Crippen molar-refractivity contribution < 1.29 is 9.53 Å². The third kappa shape index (κ3) is 2.81. The molecular formula is C10H13N3O2. The van der Waals surface area contributed by atoms with Crippen LogP contribution in [0.25, 0.3) is 0 Å². The first kappa shape index (κ1) is 11.2. The fourth-order valence-electron chi connectivity index (χ4n) is 1.31. The topological polar surface area (TPSA) is 67.9 Å². The van der Waals surface area contributed by atoms with Gasteiger partial charge in [-0.25, -0.2) is 4.98 Å². The van der Waals surface area contributed by atoms with Gasteiger partial charge < -0.3 is 9.30 Å². The Morgan fingerprint density at radius 3 is 3.13 bits per heavy atom. The Kier molecular flexibility index (Phi) is 3.86. The predicted molar refractivity (Wildman–Crippen MR) is 52.9 cm³/mol. The van der Waals surface area contributed by atoms with Crippen molar-refractivity contribution in [3.05, 3.63) is 18.2 Å². The number of esters is 1. The van der Waals surface area contributed by atoms with E-state index in [2.05, 4.69) is 4.98 Å². The van der Waals surface area contributed by atoms with Crippen molar-refractivity contribution in [2.24, 2.45) is 0 Å². The Balaban J connectivity index is 2.65. The lowest BCUT2D eigenvalue weighted by Crippen LogP contribution is -2.14. The maximum absolute atomic E-state index is 11.2. The van der Waals surface area contributed by atoms with Crippen LogP contribution in [0.2, 0.25) is 0 Å². The summed E-state index contributed by atoms with van der Waals surface area (Å²) >= 11 is 0. The molecule has 0 radical (unpaired) electrons. The molecule has 1 atom stereocenters. The maximum Gasteiger partial charge on any atom is 0.307 e. The van der Waals surface area contributed by atoms with E-state index in [-0.39, 0.29) is 18.4 Å². The molecule has 0 saturated heterocycles. The van der Waals surface area contributed by atoms with Crippen LogP contribution >= 0.6 is 0 Å². The summed E-state index contributed by atoms with van der Waals surface area (Å²) in [5.41, 5.74) is 0.